The molecule has 4 aliphatic heterocycles. The summed E-state index contributed by atoms with van der Waals surface area (Å²) in [6, 6.07) is 0.561. The number of rotatable bonds is 6. The summed E-state index contributed by atoms with van der Waals surface area (Å²) in [4.78, 5) is 10.5. The molecular weight excluding hydrogens is 394 g/mol. The molecule has 0 spiro atoms. The van der Waals surface area contributed by atoms with E-state index in [9.17, 15) is 0 Å². The predicted octanol–water partition coefficient (Wildman–Crippen LogP) is -1.35. The molecule has 0 aromatic carbocycles. The molecule has 8 atom stereocenters. The minimum Gasteiger partial charge on any atom is -0.381 e. The van der Waals surface area contributed by atoms with Gasteiger partial charge >= 0.3 is 0 Å². The van der Waals surface area contributed by atoms with Crippen molar-refractivity contribution in [2.24, 2.45) is 11.8 Å². The minimum absolute atomic E-state index is 0.143. The maximum Gasteiger partial charge on any atom is 0.183 e. The van der Waals surface area contributed by atoms with Gasteiger partial charge in [0.2, 0.25) is 0 Å². The average molecular weight is 440 g/mol. The Kier molecular flexibility index (Phi) is 7.78. The predicted molar refractivity (Wildman–Crippen MR) is 117 cm³/mol. The van der Waals surface area contributed by atoms with Crippen molar-refractivity contribution in [1.29, 1.82) is 0 Å². The van der Waals surface area contributed by atoms with Gasteiger partial charge < -0.3 is 19.7 Å². The van der Waals surface area contributed by atoms with Gasteiger partial charge in [-0.05, 0) is 19.3 Å². The zero-order chi connectivity index (χ0) is 21.0. The van der Waals surface area contributed by atoms with Crippen molar-refractivity contribution in [3.05, 3.63) is 0 Å². The number of hydrogen-bond acceptors (Lipinski definition) is 6. The minimum atomic E-state index is 0.143. The highest BCUT2D eigenvalue weighted by molar-refractivity contribution is 4.85. The molecule has 8 heteroatoms. The van der Waals surface area contributed by atoms with Gasteiger partial charge in [0.05, 0.1) is 45.1 Å². The molecule has 5 N–H and O–H groups in total. The Labute approximate surface area is 187 Å². The summed E-state index contributed by atoms with van der Waals surface area (Å²) in [6.45, 7) is 7.64. The first-order valence-electron chi connectivity index (χ1n) is 13.0. The number of quaternary nitrogens is 2. The first-order valence-corrected chi connectivity index (χ1v) is 13.0. The van der Waals surface area contributed by atoms with Gasteiger partial charge in [-0.1, -0.05) is 12.8 Å². The molecule has 178 valence electrons. The van der Waals surface area contributed by atoms with Crippen molar-refractivity contribution in [1.82, 2.24) is 15.7 Å². The van der Waals surface area contributed by atoms with Crippen LogP contribution < -0.4 is 21.0 Å². The number of hydrogen-bond donors (Lipinski definition) is 4. The topological polar surface area (TPSA) is 76.0 Å². The van der Waals surface area contributed by atoms with Crippen LogP contribution in [0.1, 0.15) is 51.4 Å². The molecule has 1 saturated carbocycles. The normalized spacial score (nSPS) is 45.2. The number of nitrogens with two attached hydrogens (primary N) is 1. The van der Waals surface area contributed by atoms with Crippen LogP contribution in [0, 0.1) is 11.8 Å². The molecule has 7 unspecified atom stereocenters. The number of likely N-dealkylation sites (tertiary alicyclic amines) is 1. The Morgan fingerprint density at radius 2 is 1.94 bits per heavy atom. The number of morpholine rings is 1. The van der Waals surface area contributed by atoms with E-state index in [-0.39, 0.29) is 12.4 Å². The fourth-order valence-corrected chi connectivity index (χ4v) is 6.93. The van der Waals surface area contributed by atoms with Crippen LogP contribution in [-0.2, 0) is 14.3 Å². The largest absolute Gasteiger partial charge is 0.381 e. The zero-order valence-corrected chi connectivity index (χ0v) is 19.4. The van der Waals surface area contributed by atoms with E-state index < -0.39 is 0 Å². The monoisotopic (exact) mass is 439 g/mol. The van der Waals surface area contributed by atoms with Gasteiger partial charge in [-0.3, -0.25) is 10.2 Å². The Balaban J connectivity index is 1.10. The molecule has 4 saturated heterocycles. The number of hydroxylamine groups is 1. The molecule has 5 fully saturated rings. The summed E-state index contributed by atoms with van der Waals surface area (Å²) in [5.74, 6) is 1.34. The second kappa shape index (κ2) is 10.7. The van der Waals surface area contributed by atoms with Gasteiger partial charge in [0.1, 0.15) is 12.2 Å². The summed E-state index contributed by atoms with van der Waals surface area (Å²) >= 11 is 0. The quantitative estimate of drug-likeness (QED) is 0.410. The van der Waals surface area contributed by atoms with Crippen molar-refractivity contribution in [3.63, 3.8) is 0 Å². The molecule has 4 heterocycles. The van der Waals surface area contributed by atoms with Gasteiger partial charge in [0.25, 0.3) is 0 Å². The fraction of sp³-hybridized carbons (Fsp3) is 1.00. The standard InChI is InChI=1S/C23H43N5O3/c1-29-20-7-3-2-5-18(20)16-28-10-4-6-19(28)23-25-22(26-31-23)17-8-9-21(24-15-17)27-11-13-30-14-12-27/h17-26H,2-16H2,1H3/p+2/t17?,18?,19-,20?,21?,22?,23?/m0/s1. The SMILES string of the molecule is COC1CCCCC1C[NH+]1CCC[C@H]1C1NC(C2CCC(N3CCOCC3)[NH2+]C2)NO1. The van der Waals surface area contributed by atoms with Crippen molar-refractivity contribution in [3.8, 4) is 0 Å². The number of methoxy groups -OCH3 is 1. The molecule has 0 bridgehead atoms. The van der Waals surface area contributed by atoms with Gasteiger partial charge in [0, 0.05) is 51.3 Å². The Morgan fingerprint density at radius 1 is 1.06 bits per heavy atom. The van der Waals surface area contributed by atoms with Gasteiger partial charge in [-0.2, -0.15) is 5.48 Å². The van der Waals surface area contributed by atoms with E-state index in [2.05, 4.69) is 21.0 Å². The lowest BCUT2D eigenvalue weighted by Gasteiger charge is -2.37. The van der Waals surface area contributed by atoms with E-state index in [0.717, 1.165) is 26.3 Å². The van der Waals surface area contributed by atoms with Crippen molar-refractivity contribution >= 4 is 0 Å². The van der Waals surface area contributed by atoms with Crippen LogP contribution in [0.5, 0.6) is 0 Å². The molecule has 8 nitrogen and oxygen atoms in total. The molecule has 0 aromatic heterocycles. The summed E-state index contributed by atoms with van der Waals surface area (Å²) in [5, 5.41) is 6.40. The third-order valence-corrected chi connectivity index (χ3v) is 8.77. The number of ether oxygens (including phenoxy) is 2. The van der Waals surface area contributed by atoms with Crippen LogP contribution in [0.4, 0.5) is 0 Å². The lowest BCUT2D eigenvalue weighted by Crippen LogP contribution is -3.16. The van der Waals surface area contributed by atoms with Gasteiger partial charge in [-0.25, -0.2) is 4.90 Å². The third-order valence-electron chi connectivity index (χ3n) is 8.77. The van der Waals surface area contributed by atoms with Crippen molar-refractivity contribution < 1.29 is 24.5 Å². The molecule has 5 rings (SSSR count). The van der Waals surface area contributed by atoms with Crippen LogP contribution in [0.15, 0.2) is 0 Å². The highest BCUT2D eigenvalue weighted by Crippen LogP contribution is 2.26. The van der Waals surface area contributed by atoms with E-state index >= 15 is 0 Å². The van der Waals surface area contributed by atoms with Crippen molar-refractivity contribution in [2.45, 2.75) is 82.1 Å². The summed E-state index contributed by atoms with van der Waals surface area (Å²) in [6.07, 6.45) is 11.9. The molecule has 0 radical (unpaired) electrons. The highest BCUT2D eigenvalue weighted by atomic mass is 16.7. The Bertz CT molecular complexity index is 555. The Hall–Kier alpha value is -0.320. The van der Waals surface area contributed by atoms with Crippen LogP contribution >= 0.6 is 0 Å². The first-order chi connectivity index (χ1) is 15.3. The second-order valence-electron chi connectivity index (χ2n) is 10.5. The van der Waals surface area contributed by atoms with Gasteiger partial charge in [0.15, 0.2) is 6.23 Å². The third kappa shape index (κ3) is 5.27. The van der Waals surface area contributed by atoms with E-state index in [1.165, 1.54) is 71.0 Å². The van der Waals surface area contributed by atoms with Gasteiger partial charge in [-0.15, -0.1) is 0 Å². The number of nitrogens with one attached hydrogen (secondary N) is 3. The molecule has 1 aliphatic carbocycles. The van der Waals surface area contributed by atoms with E-state index in [4.69, 9.17) is 14.3 Å². The van der Waals surface area contributed by atoms with E-state index in [1.54, 1.807) is 4.90 Å². The number of piperidine rings is 1. The average Bonchev–Trinajstić information content (AvgIpc) is 3.50. The summed E-state index contributed by atoms with van der Waals surface area (Å²) in [7, 11) is 1.90. The van der Waals surface area contributed by atoms with Crippen LogP contribution in [0.3, 0.4) is 0 Å². The van der Waals surface area contributed by atoms with E-state index in [0.29, 0.717) is 30.1 Å². The molecule has 0 aromatic rings. The summed E-state index contributed by atoms with van der Waals surface area (Å²) in [5.41, 5.74) is 3.39. The lowest BCUT2D eigenvalue weighted by molar-refractivity contribution is -0.920. The highest BCUT2D eigenvalue weighted by Gasteiger charge is 2.45. The van der Waals surface area contributed by atoms with Crippen LogP contribution in [-0.4, -0.2) is 88.7 Å². The Morgan fingerprint density at radius 3 is 2.74 bits per heavy atom. The first kappa shape index (κ1) is 22.5. The molecular formula is C23H45N5O3+2. The molecule has 31 heavy (non-hydrogen) atoms. The second-order valence-corrected chi connectivity index (χ2v) is 10.5. The molecule has 5 aliphatic rings. The summed E-state index contributed by atoms with van der Waals surface area (Å²) < 4.78 is 11.4. The fourth-order valence-electron chi connectivity index (χ4n) is 6.93. The van der Waals surface area contributed by atoms with Crippen molar-refractivity contribution in [2.75, 3.05) is 53.0 Å². The lowest BCUT2D eigenvalue weighted by atomic mass is 9.86. The smallest absolute Gasteiger partial charge is 0.183 e. The molecule has 0 amide bonds. The number of nitrogens with zero attached hydrogens (tertiary/aromatic N) is 1. The maximum atomic E-state index is 6.16. The maximum absolute atomic E-state index is 6.16. The van der Waals surface area contributed by atoms with E-state index in [1.807, 2.05) is 7.11 Å². The van der Waals surface area contributed by atoms with Crippen LogP contribution in [0.2, 0.25) is 0 Å². The zero-order valence-electron chi connectivity index (χ0n) is 19.4. The van der Waals surface area contributed by atoms with Crippen LogP contribution in [0.25, 0.3) is 0 Å².